The molecule has 0 bridgehead atoms. The number of aryl methyl sites for hydroxylation is 1. The first-order chi connectivity index (χ1) is 10.9. The zero-order valence-electron chi connectivity index (χ0n) is 13.2. The Morgan fingerprint density at radius 3 is 2.73 bits per heavy atom. The van der Waals surface area contributed by atoms with Gasteiger partial charge in [-0.3, -0.25) is 0 Å². The number of benzene rings is 2. The molecule has 0 unspecified atom stereocenters. The Hall–Kier alpha value is -2.08. The molecule has 0 heteroatoms. The zero-order valence-corrected chi connectivity index (χ0v) is 13.2. The lowest BCUT2D eigenvalue weighted by Crippen LogP contribution is -1.99. The summed E-state index contributed by atoms with van der Waals surface area (Å²) in [5, 5.41) is 0. The van der Waals surface area contributed by atoms with E-state index < -0.39 is 0 Å². The molecule has 0 saturated heterocycles. The molecule has 0 nitrogen and oxygen atoms in total. The van der Waals surface area contributed by atoms with E-state index in [-0.39, 0.29) is 0 Å². The number of fused-ring (bicyclic) bond motifs is 3. The highest BCUT2D eigenvalue weighted by Gasteiger charge is 2.24. The SMILES string of the molecule is CCCCc1ccc2c(c1C1=CC=CC1)Cc1ccccc1-2. The van der Waals surface area contributed by atoms with Crippen molar-refractivity contribution < 1.29 is 0 Å². The minimum Gasteiger partial charge on any atom is -0.0801 e. The summed E-state index contributed by atoms with van der Waals surface area (Å²) in [6, 6.07) is 13.6. The van der Waals surface area contributed by atoms with Crippen LogP contribution in [-0.4, -0.2) is 0 Å². The Morgan fingerprint density at radius 1 is 1.00 bits per heavy atom. The first kappa shape index (κ1) is 13.6. The molecule has 0 saturated carbocycles. The van der Waals surface area contributed by atoms with Gasteiger partial charge in [-0.1, -0.05) is 68.0 Å². The second kappa shape index (κ2) is 5.61. The van der Waals surface area contributed by atoms with Crippen LogP contribution in [0, 0.1) is 0 Å². The predicted octanol–water partition coefficient (Wildman–Crippen LogP) is 5.94. The Labute approximate surface area is 133 Å². The highest BCUT2D eigenvalue weighted by Crippen LogP contribution is 2.43. The topological polar surface area (TPSA) is 0 Å². The third-order valence-corrected chi connectivity index (χ3v) is 4.97. The summed E-state index contributed by atoms with van der Waals surface area (Å²) in [5.41, 5.74) is 10.5. The van der Waals surface area contributed by atoms with E-state index in [4.69, 9.17) is 0 Å². The van der Waals surface area contributed by atoms with E-state index in [1.54, 1.807) is 16.7 Å². The lowest BCUT2D eigenvalue weighted by atomic mass is 9.88. The minimum absolute atomic E-state index is 1.09. The standard InChI is InChI=1S/C22H22/c1-2-3-8-17-13-14-20-19-12-7-6-11-18(19)15-21(20)22(17)16-9-4-5-10-16/h4-7,9,11-14H,2-3,8,10,15H2,1H3. The van der Waals surface area contributed by atoms with Crippen molar-refractivity contribution in [2.45, 2.75) is 39.0 Å². The largest absolute Gasteiger partial charge is 0.0801 e. The molecule has 22 heavy (non-hydrogen) atoms. The summed E-state index contributed by atoms with van der Waals surface area (Å²) in [7, 11) is 0. The van der Waals surface area contributed by atoms with Crippen molar-refractivity contribution in [1.82, 2.24) is 0 Å². The average Bonchev–Trinajstić information content (AvgIpc) is 3.19. The van der Waals surface area contributed by atoms with Gasteiger partial charge in [-0.05, 0) is 64.6 Å². The van der Waals surface area contributed by atoms with Gasteiger partial charge in [0.05, 0.1) is 0 Å². The smallest absolute Gasteiger partial charge is 0.000730 e. The molecular weight excluding hydrogens is 264 g/mol. The maximum Gasteiger partial charge on any atom is -0.000730 e. The maximum atomic E-state index is 2.38. The van der Waals surface area contributed by atoms with Crippen molar-refractivity contribution >= 4 is 5.57 Å². The average molecular weight is 286 g/mol. The van der Waals surface area contributed by atoms with Gasteiger partial charge >= 0.3 is 0 Å². The monoisotopic (exact) mass is 286 g/mol. The molecule has 4 rings (SSSR count). The molecular formula is C22H22. The van der Waals surface area contributed by atoms with Crippen molar-refractivity contribution in [3.63, 3.8) is 0 Å². The summed E-state index contributed by atoms with van der Waals surface area (Å²) in [6.07, 6.45) is 12.7. The predicted molar refractivity (Wildman–Crippen MR) is 95.0 cm³/mol. The van der Waals surface area contributed by atoms with Crippen LogP contribution in [0.4, 0.5) is 0 Å². The molecule has 110 valence electrons. The maximum absolute atomic E-state index is 2.38. The van der Waals surface area contributed by atoms with Gasteiger partial charge in [-0.15, -0.1) is 0 Å². The van der Waals surface area contributed by atoms with Crippen LogP contribution in [0.5, 0.6) is 0 Å². The Morgan fingerprint density at radius 2 is 1.91 bits per heavy atom. The van der Waals surface area contributed by atoms with Gasteiger partial charge < -0.3 is 0 Å². The quantitative estimate of drug-likeness (QED) is 0.556. The van der Waals surface area contributed by atoms with Crippen molar-refractivity contribution in [2.75, 3.05) is 0 Å². The molecule has 0 radical (unpaired) electrons. The molecule has 0 atom stereocenters. The van der Waals surface area contributed by atoms with Gasteiger partial charge in [0.2, 0.25) is 0 Å². The molecule has 0 aliphatic heterocycles. The van der Waals surface area contributed by atoms with Crippen LogP contribution in [0.2, 0.25) is 0 Å². The summed E-state index contributed by atoms with van der Waals surface area (Å²) >= 11 is 0. The lowest BCUT2D eigenvalue weighted by molar-refractivity contribution is 0.792. The number of allylic oxidation sites excluding steroid dienone is 4. The molecule has 0 spiro atoms. The van der Waals surface area contributed by atoms with Crippen molar-refractivity contribution in [3.8, 4) is 11.1 Å². The van der Waals surface area contributed by atoms with Gasteiger partial charge in [0, 0.05) is 0 Å². The van der Waals surface area contributed by atoms with Gasteiger partial charge in [0.25, 0.3) is 0 Å². The van der Waals surface area contributed by atoms with Crippen LogP contribution < -0.4 is 0 Å². The summed E-state index contributed by atoms with van der Waals surface area (Å²) in [4.78, 5) is 0. The Bertz CT molecular complexity index is 775. The number of hydrogen-bond acceptors (Lipinski definition) is 0. The van der Waals surface area contributed by atoms with E-state index in [1.807, 2.05) is 0 Å². The van der Waals surface area contributed by atoms with Crippen molar-refractivity contribution in [2.24, 2.45) is 0 Å². The number of unbranched alkanes of at least 4 members (excludes halogenated alkanes) is 1. The van der Waals surface area contributed by atoms with Crippen LogP contribution in [0.25, 0.3) is 16.7 Å². The molecule has 0 heterocycles. The summed E-state index contributed by atoms with van der Waals surface area (Å²) in [6.45, 7) is 2.28. The molecule has 2 aromatic rings. The fourth-order valence-electron chi connectivity index (χ4n) is 3.87. The van der Waals surface area contributed by atoms with Gasteiger partial charge in [0.15, 0.2) is 0 Å². The van der Waals surface area contributed by atoms with Crippen LogP contribution in [0.1, 0.15) is 48.4 Å². The second-order valence-electron chi connectivity index (χ2n) is 6.39. The molecule has 0 fully saturated rings. The second-order valence-corrected chi connectivity index (χ2v) is 6.39. The fourth-order valence-corrected chi connectivity index (χ4v) is 3.87. The highest BCUT2D eigenvalue weighted by atomic mass is 14.3. The minimum atomic E-state index is 1.09. The van der Waals surface area contributed by atoms with E-state index in [0.29, 0.717) is 0 Å². The van der Waals surface area contributed by atoms with Crippen LogP contribution in [0.3, 0.4) is 0 Å². The highest BCUT2D eigenvalue weighted by molar-refractivity contribution is 5.86. The Kier molecular flexibility index (Phi) is 3.46. The van der Waals surface area contributed by atoms with E-state index in [2.05, 4.69) is 61.5 Å². The van der Waals surface area contributed by atoms with Gasteiger partial charge in [0.1, 0.15) is 0 Å². The molecule has 2 aromatic carbocycles. The fraction of sp³-hybridized carbons (Fsp3) is 0.273. The number of rotatable bonds is 4. The van der Waals surface area contributed by atoms with E-state index in [0.717, 1.165) is 12.8 Å². The third-order valence-electron chi connectivity index (χ3n) is 4.97. The molecule has 2 aliphatic rings. The van der Waals surface area contributed by atoms with Gasteiger partial charge in [-0.2, -0.15) is 0 Å². The summed E-state index contributed by atoms with van der Waals surface area (Å²) < 4.78 is 0. The molecule has 0 amide bonds. The van der Waals surface area contributed by atoms with Crippen LogP contribution in [0.15, 0.2) is 54.6 Å². The first-order valence-corrected chi connectivity index (χ1v) is 8.47. The number of hydrogen-bond donors (Lipinski definition) is 0. The molecule has 0 aromatic heterocycles. The lowest BCUT2D eigenvalue weighted by Gasteiger charge is -2.16. The zero-order chi connectivity index (χ0) is 14.9. The Balaban J connectivity index is 1.86. The van der Waals surface area contributed by atoms with E-state index in [9.17, 15) is 0 Å². The molecule has 0 N–H and O–H groups in total. The third kappa shape index (κ3) is 2.14. The van der Waals surface area contributed by atoms with Gasteiger partial charge in [-0.25, -0.2) is 0 Å². The normalized spacial score (nSPS) is 14.9. The van der Waals surface area contributed by atoms with Crippen molar-refractivity contribution in [3.05, 3.63) is 76.9 Å². The van der Waals surface area contributed by atoms with Crippen molar-refractivity contribution in [1.29, 1.82) is 0 Å². The molecule has 2 aliphatic carbocycles. The van der Waals surface area contributed by atoms with Crippen LogP contribution >= 0.6 is 0 Å². The summed E-state index contributed by atoms with van der Waals surface area (Å²) in [5.74, 6) is 0. The van der Waals surface area contributed by atoms with E-state index in [1.165, 1.54) is 41.5 Å². The first-order valence-electron chi connectivity index (χ1n) is 8.47. The van der Waals surface area contributed by atoms with E-state index >= 15 is 0 Å². The van der Waals surface area contributed by atoms with Crippen LogP contribution in [-0.2, 0) is 12.8 Å².